The summed E-state index contributed by atoms with van der Waals surface area (Å²) in [5.41, 5.74) is 2.92. The maximum atomic E-state index is 13.5. The summed E-state index contributed by atoms with van der Waals surface area (Å²) in [5.74, 6) is 1.07. The predicted octanol–water partition coefficient (Wildman–Crippen LogP) is 4.91. The van der Waals surface area contributed by atoms with Crippen molar-refractivity contribution in [1.82, 2.24) is 14.5 Å². The SMILES string of the molecule is CCSCc1ccc2c(c1)c1c3c(c4c5ccccc5n5c4c1n2[C@H]1C[C@](O)(C(=O)OC)[C@]5(C)O1)CNC3=O. The first kappa shape index (κ1) is 23.4. The van der Waals surface area contributed by atoms with E-state index in [0.717, 1.165) is 60.7 Å². The summed E-state index contributed by atoms with van der Waals surface area (Å²) in [6, 6.07) is 14.3. The van der Waals surface area contributed by atoms with Gasteiger partial charge in [0.15, 0.2) is 5.72 Å². The highest BCUT2D eigenvalue weighted by molar-refractivity contribution is 7.98. The Morgan fingerprint density at radius 2 is 2.00 bits per heavy atom. The Balaban J connectivity index is 1.65. The van der Waals surface area contributed by atoms with E-state index in [4.69, 9.17) is 9.47 Å². The van der Waals surface area contributed by atoms with Crippen LogP contribution in [-0.4, -0.2) is 44.6 Å². The number of esters is 1. The van der Waals surface area contributed by atoms with Gasteiger partial charge in [-0.25, -0.2) is 4.79 Å². The number of aromatic nitrogens is 2. The molecule has 3 aliphatic heterocycles. The second-order valence-electron chi connectivity index (χ2n) is 10.8. The van der Waals surface area contributed by atoms with Gasteiger partial charge < -0.3 is 29.0 Å². The molecule has 3 aliphatic rings. The van der Waals surface area contributed by atoms with Gasteiger partial charge in [0, 0.05) is 40.3 Å². The fourth-order valence-corrected chi connectivity index (χ4v) is 7.92. The molecule has 9 heteroatoms. The van der Waals surface area contributed by atoms with Gasteiger partial charge in [0.1, 0.15) is 6.23 Å². The van der Waals surface area contributed by atoms with E-state index in [1.54, 1.807) is 6.92 Å². The monoisotopic (exact) mass is 541 g/mol. The molecule has 0 spiro atoms. The van der Waals surface area contributed by atoms with E-state index in [9.17, 15) is 14.7 Å². The lowest BCUT2D eigenvalue weighted by Crippen LogP contribution is -2.56. The Morgan fingerprint density at radius 1 is 1.18 bits per heavy atom. The van der Waals surface area contributed by atoms with Gasteiger partial charge in [-0.2, -0.15) is 11.8 Å². The van der Waals surface area contributed by atoms with Crippen LogP contribution in [0.4, 0.5) is 0 Å². The summed E-state index contributed by atoms with van der Waals surface area (Å²) in [4.78, 5) is 26.7. The Kier molecular flexibility index (Phi) is 4.53. The molecule has 5 heterocycles. The minimum absolute atomic E-state index is 0.0131. The van der Waals surface area contributed by atoms with E-state index >= 15 is 0 Å². The lowest BCUT2D eigenvalue weighted by molar-refractivity contribution is -0.202. The van der Waals surface area contributed by atoms with Gasteiger partial charge in [-0.3, -0.25) is 4.79 Å². The van der Waals surface area contributed by atoms with E-state index in [0.29, 0.717) is 12.1 Å². The molecule has 198 valence electrons. The molecule has 5 aromatic rings. The van der Waals surface area contributed by atoms with Gasteiger partial charge in [0.25, 0.3) is 5.91 Å². The third-order valence-electron chi connectivity index (χ3n) is 8.99. The minimum Gasteiger partial charge on any atom is -0.467 e. The average Bonchev–Trinajstić information content (AvgIpc) is 3.63. The van der Waals surface area contributed by atoms with Crippen molar-refractivity contribution in [3.63, 3.8) is 0 Å². The summed E-state index contributed by atoms with van der Waals surface area (Å²) < 4.78 is 16.0. The number of nitrogens with zero attached hydrogens (tertiary/aromatic N) is 2. The standard InChI is InChI=1S/C30H27N3O5S/c1-4-39-14-15-9-10-19-17(11-15)23-24-18(13-31-27(24)34)22-16-7-5-6-8-20(16)33-26(22)25(23)32(19)21-12-30(36,28(35)37-3)29(33,2)38-21/h5-11,21,36H,4,12-14H2,1-3H3,(H,31,34)/t21-,29+,30+/m1/s1. The molecule has 2 N–H and O–H groups in total. The highest BCUT2D eigenvalue weighted by Gasteiger charge is 2.65. The van der Waals surface area contributed by atoms with Crippen molar-refractivity contribution in [3.05, 3.63) is 59.2 Å². The van der Waals surface area contributed by atoms with Crippen LogP contribution in [0.2, 0.25) is 0 Å². The number of carbonyl (C=O) groups excluding carboxylic acids is 2. The molecule has 3 aromatic carbocycles. The van der Waals surface area contributed by atoms with E-state index < -0.39 is 23.5 Å². The number of thioether (sulfide) groups is 1. The van der Waals surface area contributed by atoms with Crippen LogP contribution in [0, 0.1) is 0 Å². The zero-order valence-electron chi connectivity index (χ0n) is 21.8. The van der Waals surface area contributed by atoms with Crippen molar-refractivity contribution in [2.75, 3.05) is 12.9 Å². The Bertz CT molecular complexity index is 1940. The topological polar surface area (TPSA) is 94.7 Å². The lowest BCUT2D eigenvalue weighted by atomic mass is 9.88. The summed E-state index contributed by atoms with van der Waals surface area (Å²) in [5, 5.41) is 19.0. The van der Waals surface area contributed by atoms with E-state index in [1.165, 1.54) is 12.7 Å². The summed E-state index contributed by atoms with van der Waals surface area (Å²) in [7, 11) is 1.29. The number of nitrogens with one attached hydrogen (secondary N) is 1. The van der Waals surface area contributed by atoms with Gasteiger partial charge >= 0.3 is 5.97 Å². The molecular weight excluding hydrogens is 514 g/mol. The number of carbonyl (C=O) groups is 2. The van der Waals surface area contributed by atoms with Gasteiger partial charge in [0.05, 0.1) is 34.7 Å². The quantitative estimate of drug-likeness (QED) is 0.314. The van der Waals surface area contributed by atoms with Crippen molar-refractivity contribution in [3.8, 4) is 0 Å². The summed E-state index contributed by atoms with van der Waals surface area (Å²) >= 11 is 1.85. The van der Waals surface area contributed by atoms with Crippen LogP contribution in [0.3, 0.4) is 0 Å². The second kappa shape index (κ2) is 7.56. The molecule has 0 aliphatic carbocycles. The molecule has 2 aromatic heterocycles. The molecule has 1 amide bonds. The highest BCUT2D eigenvalue weighted by atomic mass is 32.2. The third kappa shape index (κ3) is 2.59. The van der Waals surface area contributed by atoms with Gasteiger partial charge in [-0.1, -0.05) is 31.2 Å². The highest BCUT2D eigenvalue weighted by Crippen LogP contribution is 2.57. The number of hydrogen-bond donors (Lipinski definition) is 2. The average molecular weight is 542 g/mol. The van der Waals surface area contributed by atoms with Gasteiger partial charge in [0.2, 0.25) is 5.60 Å². The number of para-hydroxylation sites is 1. The van der Waals surface area contributed by atoms with Crippen LogP contribution in [0.5, 0.6) is 0 Å². The van der Waals surface area contributed by atoms with Crippen LogP contribution in [0.1, 0.15) is 48.0 Å². The maximum Gasteiger partial charge on any atom is 0.343 e. The minimum atomic E-state index is -1.94. The first-order chi connectivity index (χ1) is 18.8. The number of rotatable bonds is 4. The van der Waals surface area contributed by atoms with E-state index in [-0.39, 0.29) is 12.3 Å². The van der Waals surface area contributed by atoms with Crippen LogP contribution in [-0.2, 0) is 32.3 Å². The van der Waals surface area contributed by atoms with Crippen molar-refractivity contribution in [1.29, 1.82) is 0 Å². The van der Waals surface area contributed by atoms with E-state index in [1.807, 2.05) is 40.6 Å². The zero-order chi connectivity index (χ0) is 26.8. The molecule has 2 bridgehead atoms. The van der Waals surface area contributed by atoms with Crippen LogP contribution in [0.25, 0.3) is 43.6 Å². The van der Waals surface area contributed by atoms with Gasteiger partial charge in [-0.15, -0.1) is 0 Å². The number of fused-ring (bicyclic) bond motifs is 13. The number of ether oxygens (including phenoxy) is 2. The Labute approximate surface area is 227 Å². The fourth-order valence-electron chi connectivity index (χ4n) is 7.30. The normalized spacial score (nSPS) is 25.2. The second-order valence-corrected chi connectivity index (χ2v) is 12.1. The lowest BCUT2D eigenvalue weighted by Gasteiger charge is -2.37. The molecule has 1 fully saturated rings. The zero-order valence-corrected chi connectivity index (χ0v) is 22.6. The number of methoxy groups -OCH3 is 1. The first-order valence-corrected chi connectivity index (χ1v) is 14.4. The first-order valence-electron chi connectivity index (χ1n) is 13.2. The molecular formula is C30H27N3O5S. The number of amides is 1. The number of benzene rings is 3. The van der Waals surface area contributed by atoms with Crippen molar-refractivity contribution in [2.24, 2.45) is 0 Å². The van der Waals surface area contributed by atoms with Crippen molar-refractivity contribution >= 4 is 67.3 Å². The Morgan fingerprint density at radius 3 is 2.79 bits per heavy atom. The van der Waals surface area contributed by atoms with Crippen molar-refractivity contribution < 1.29 is 24.2 Å². The maximum absolute atomic E-state index is 13.5. The fraction of sp³-hybridized carbons (Fsp3) is 0.333. The molecule has 39 heavy (non-hydrogen) atoms. The molecule has 0 unspecified atom stereocenters. The van der Waals surface area contributed by atoms with Crippen LogP contribution in [0.15, 0.2) is 42.5 Å². The van der Waals surface area contributed by atoms with E-state index in [2.05, 4.69) is 35.0 Å². The molecule has 0 saturated carbocycles. The molecule has 0 radical (unpaired) electrons. The molecule has 3 atom stereocenters. The molecule has 8 rings (SSSR count). The van der Waals surface area contributed by atoms with Crippen molar-refractivity contribution in [2.45, 2.75) is 50.1 Å². The van der Waals surface area contributed by atoms with Gasteiger partial charge in [-0.05, 0) is 42.0 Å². The Hall–Kier alpha value is -3.53. The number of aliphatic hydroxyl groups is 1. The summed E-state index contributed by atoms with van der Waals surface area (Å²) in [6.07, 6.45) is -0.640. The van der Waals surface area contributed by atoms with Crippen LogP contribution >= 0.6 is 11.8 Å². The predicted molar refractivity (Wildman–Crippen MR) is 151 cm³/mol. The molecule has 1 saturated heterocycles. The largest absolute Gasteiger partial charge is 0.467 e. The molecule has 8 nitrogen and oxygen atoms in total. The van der Waals surface area contributed by atoms with Crippen LogP contribution < -0.4 is 5.32 Å². The third-order valence-corrected chi connectivity index (χ3v) is 9.93. The summed E-state index contributed by atoms with van der Waals surface area (Å²) in [6.45, 7) is 4.33. The number of hydrogen-bond acceptors (Lipinski definition) is 6. The smallest absolute Gasteiger partial charge is 0.343 e.